The molecule has 0 spiro atoms. The number of nitrogens with zero attached hydrogens (tertiary/aromatic N) is 1. The third-order valence-corrected chi connectivity index (χ3v) is 4.99. The molecule has 2 rings (SSSR count). The molecule has 22 heavy (non-hydrogen) atoms. The Hall–Kier alpha value is -2.38. The number of sulfonamides is 1. The fraction of sp³-hybridized carbons (Fsp3) is 0.133. The van der Waals surface area contributed by atoms with Crippen LogP contribution in [0.5, 0.6) is 5.75 Å². The highest BCUT2D eigenvalue weighted by Crippen LogP contribution is 2.31. The first-order valence-corrected chi connectivity index (χ1v) is 7.77. The molecule has 0 heterocycles. The van der Waals surface area contributed by atoms with Crippen molar-refractivity contribution in [3.63, 3.8) is 0 Å². The molecular formula is C15H15NO5S. The van der Waals surface area contributed by atoms with Gasteiger partial charge in [-0.1, -0.05) is 18.2 Å². The van der Waals surface area contributed by atoms with E-state index in [1.54, 1.807) is 18.2 Å². The Morgan fingerprint density at radius 3 is 2.32 bits per heavy atom. The Kier molecular flexibility index (Phi) is 4.20. The highest BCUT2D eigenvalue weighted by molar-refractivity contribution is 7.89. The SMILES string of the molecule is CN(C)S(=O)(=O)c1ccccc1-c1cc(O)cc(C(=O)O)c1. The quantitative estimate of drug-likeness (QED) is 0.898. The lowest BCUT2D eigenvalue weighted by Crippen LogP contribution is -2.22. The molecule has 7 heteroatoms. The summed E-state index contributed by atoms with van der Waals surface area (Å²) in [5, 5.41) is 18.7. The first-order valence-electron chi connectivity index (χ1n) is 6.33. The van der Waals surface area contributed by atoms with Crippen LogP contribution in [-0.4, -0.2) is 43.0 Å². The van der Waals surface area contributed by atoms with Gasteiger partial charge in [-0.2, -0.15) is 0 Å². The Balaban J connectivity index is 2.72. The van der Waals surface area contributed by atoms with Gasteiger partial charge in [0.05, 0.1) is 10.5 Å². The Morgan fingerprint density at radius 1 is 1.09 bits per heavy atom. The normalized spacial score (nSPS) is 11.6. The molecule has 6 nitrogen and oxygen atoms in total. The molecule has 0 aliphatic rings. The summed E-state index contributed by atoms with van der Waals surface area (Å²) in [6.45, 7) is 0. The van der Waals surface area contributed by atoms with Crippen molar-refractivity contribution < 1.29 is 23.4 Å². The fourth-order valence-electron chi connectivity index (χ4n) is 2.02. The molecule has 0 aliphatic heterocycles. The number of carboxylic acids is 1. The van der Waals surface area contributed by atoms with Crippen molar-refractivity contribution in [3.05, 3.63) is 48.0 Å². The van der Waals surface area contributed by atoms with Crippen LogP contribution in [0, 0.1) is 0 Å². The van der Waals surface area contributed by atoms with Gasteiger partial charge in [0.2, 0.25) is 10.0 Å². The molecule has 0 atom stereocenters. The molecule has 2 N–H and O–H groups in total. The number of rotatable bonds is 4. The molecule has 0 fully saturated rings. The van der Waals surface area contributed by atoms with Crippen LogP contribution in [0.1, 0.15) is 10.4 Å². The van der Waals surface area contributed by atoms with Gasteiger partial charge in [0.15, 0.2) is 0 Å². The predicted molar refractivity (Wildman–Crippen MR) is 81.4 cm³/mol. The zero-order chi connectivity index (χ0) is 16.5. The maximum absolute atomic E-state index is 12.4. The molecule has 0 unspecified atom stereocenters. The number of hydrogen-bond acceptors (Lipinski definition) is 4. The molecule has 0 saturated carbocycles. The zero-order valence-electron chi connectivity index (χ0n) is 12.0. The summed E-state index contributed by atoms with van der Waals surface area (Å²) in [7, 11) is -0.869. The highest BCUT2D eigenvalue weighted by Gasteiger charge is 2.22. The lowest BCUT2D eigenvalue weighted by atomic mass is 10.0. The Morgan fingerprint density at radius 2 is 1.73 bits per heavy atom. The van der Waals surface area contributed by atoms with Gasteiger partial charge in [-0.05, 0) is 29.8 Å². The number of benzene rings is 2. The van der Waals surface area contributed by atoms with Crippen LogP contribution in [0.25, 0.3) is 11.1 Å². The van der Waals surface area contributed by atoms with Crippen molar-refractivity contribution >= 4 is 16.0 Å². The van der Waals surface area contributed by atoms with E-state index in [9.17, 15) is 18.3 Å². The van der Waals surface area contributed by atoms with Crippen LogP contribution < -0.4 is 0 Å². The van der Waals surface area contributed by atoms with Crippen LogP contribution in [0.2, 0.25) is 0 Å². The van der Waals surface area contributed by atoms with E-state index in [2.05, 4.69) is 0 Å². The minimum absolute atomic E-state index is 0.0435. The van der Waals surface area contributed by atoms with Crippen LogP contribution in [0.3, 0.4) is 0 Å². The van der Waals surface area contributed by atoms with E-state index in [0.717, 1.165) is 10.4 Å². The molecule has 0 aliphatic carbocycles. The second-order valence-electron chi connectivity index (χ2n) is 4.86. The van der Waals surface area contributed by atoms with Gasteiger partial charge in [-0.25, -0.2) is 17.5 Å². The van der Waals surface area contributed by atoms with E-state index in [1.165, 1.54) is 32.3 Å². The van der Waals surface area contributed by atoms with Crippen LogP contribution in [0.15, 0.2) is 47.4 Å². The number of carbonyl (C=O) groups is 1. The number of aromatic hydroxyl groups is 1. The summed E-state index contributed by atoms with van der Waals surface area (Å²) < 4.78 is 25.8. The molecule has 0 saturated heterocycles. The summed E-state index contributed by atoms with van der Waals surface area (Å²) in [5.74, 6) is -1.45. The van der Waals surface area contributed by atoms with Crippen molar-refractivity contribution in [2.75, 3.05) is 14.1 Å². The lowest BCUT2D eigenvalue weighted by molar-refractivity contribution is 0.0696. The first-order chi connectivity index (χ1) is 10.2. The number of phenols is 1. The molecule has 2 aromatic rings. The van der Waals surface area contributed by atoms with Gasteiger partial charge in [0, 0.05) is 19.7 Å². The monoisotopic (exact) mass is 321 g/mol. The second kappa shape index (κ2) is 5.78. The molecule has 0 aromatic heterocycles. The molecule has 2 aromatic carbocycles. The van der Waals surface area contributed by atoms with E-state index in [4.69, 9.17) is 5.11 Å². The summed E-state index contributed by atoms with van der Waals surface area (Å²) in [6.07, 6.45) is 0. The van der Waals surface area contributed by atoms with Crippen LogP contribution >= 0.6 is 0 Å². The summed E-state index contributed by atoms with van der Waals surface area (Å²) >= 11 is 0. The standard InChI is InChI=1S/C15H15NO5S/c1-16(2)22(20,21)14-6-4-3-5-13(14)10-7-11(15(18)19)9-12(17)8-10/h3-9,17H,1-2H3,(H,18,19). The van der Waals surface area contributed by atoms with Gasteiger partial charge in [-0.3, -0.25) is 0 Å². The van der Waals surface area contributed by atoms with E-state index < -0.39 is 16.0 Å². The van der Waals surface area contributed by atoms with Crippen molar-refractivity contribution in [1.82, 2.24) is 4.31 Å². The highest BCUT2D eigenvalue weighted by atomic mass is 32.2. The van der Waals surface area contributed by atoms with Crippen LogP contribution in [0.4, 0.5) is 0 Å². The Labute approximate surface area is 128 Å². The summed E-state index contributed by atoms with van der Waals surface area (Å²) in [5.41, 5.74) is 0.528. The number of phenolic OH excluding ortho intramolecular Hbond substituents is 1. The topological polar surface area (TPSA) is 94.9 Å². The number of hydrogen-bond donors (Lipinski definition) is 2. The van der Waals surface area contributed by atoms with Crippen molar-refractivity contribution in [2.45, 2.75) is 4.90 Å². The smallest absolute Gasteiger partial charge is 0.335 e. The molecular weight excluding hydrogens is 306 g/mol. The average molecular weight is 321 g/mol. The second-order valence-corrected chi connectivity index (χ2v) is 6.98. The van der Waals surface area contributed by atoms with Gasteiger partial charge in [0.25, 0.3) is 0 Å². The molecule has 116 valence electrons. The van der Waals surface area contributed by atoms with Crippen molar-refractivity contribution in [2.24, 2.45) is 0 Å². The fourth-order valence-corrected chi connectivity index (χ4v) is 3.12. The van der Waals surface area contributed by atoms with Crippen molar-refractivity contribution in [1.29, 1.82) is 0 Å². The maximum atomic E-state index is 12.4. The van der Waals surface area contributed by atoms with Crippen LogP contribution in [-0.2, 0) is 10.0 Å². The maximum Gasteiger partial charge on any atom is 0.335 e. The third-order valence-electron chi connectivity index (χ3n) is 3.12. The minimum Gasteiger partial charge on any atom is -0.508 e. The summed E-state index contributed by atoms with van der Waals surface area (Å²) in [4.78, 5) is 11.1. The molecule has 0 bridgehead atoms. The van der Waals surface area contributed by atoms with E-state index in [0.29, 0.717) is 11.1 Å². The van der Waals surface area contributed by atoms with Crippen molar-refractivity contribution in [3.8, 4) is 16.9 Å². The average Bonchev–Trinajstić information content (AvgIpc) is 2.46. The largest absolute Gasteiger partial charge is 0.508 e. The third kappa shape index (κ3) is 2.95. The summed E-state index contributed by atoms with van der Waals surface area (Å²) in [6, 6.07) is 10.00. The van der Waals surface area contributed by atoms with E-state index in [-0.39, 0.29) is 16.2 Å². The predicted octanol–water partition coefficient (Wildman–Crippen LogP) is 2.01. The van der Waals surface area contributed by atoms with Gasteiger partial charge in [-0.15, -0.1) is 0 Å². The van der Waals surface area contributed by atoms with Gasteiger partial charge in [0.1, 0.15) is 5.75 Å². The molecule has 0 radical (unpaired) electrons. The number of carboxylic acid groups (broad SMARTS) is 1. The first kappa shape index (κ1) is 16.0. The minimum atomic E-state index is -3.70. The van der Waals surface area contributed by atoms with E-state index >= 15 is 0 Å². The van der Waals surface area contributed by atoms with Gasteiger partial charge < -0.3 is 10.2 Å². The molecule has 0 amide bonds. The van der Waals surface area contributed by atoms with E-state index in [1.807, 2.05) is 0 Å². The van der Waals surface area contributed by atoms with Gasteiger partial charge >= 0.3 is 5.97 Å². The Bertz CT molecular complexity index is 828. The number of aromatic carboxylic acids is 1. The zero-order valence-corrected chi connectivity index (χ0v) is 12.8. The lowest BCUT2D eigenvalue weighted by Gasteiger charge is -2.15.